The number of hydrogen-bond donors (Lipinski definition) is 1. The lowest BCUT2D eigenvalue weighted by Crippen LogP contribution is -2.46. The molecule has 1 rings (SSSR count). The number of hydrogen-bond acceptors (Lipinski definition) is 2. The molecule has 0 aromatic heterocycles. The predicted molar refractivity (Wildman–Crippen MR) is 81.0 cm³/mol. The maximum atomic E-state index is 3.56. The Kier molecular flexibility index (Phi) is 7.25. The van der Waals surface area contributed by atoms with E-state index in [1.165, 1.54) is 32.1 Å². The van der Waals surface area contributed by atoms with Crippen molar-refractivity contribution in [1.82, 2.24) is 10.2 Å². The standard InChI is InChI=1S/C16H34N2/c1-6-10-17-12-14(3)15(4)18(5)16-9-7-8-13(2)11-16/h13-17H,6-12H2,1-5H3. The van der Waals surface area contributed by atoms with Crippen molar-refractivity contribution in [1.29, 1.82) is 0 Å². The number of nitrogens with one attached hydrogen (secondary N) is 1. The molecule has 0 aromatic rings. The molecule has 1 aliphatic carbocycles. The van der Waals surface area contributed by atoms with Crippen LogP contribution in [0.25, 0.3) is 0 Å². The average molecular weight is 254 g/mol. The topological polar surface area (TPSA) is 15.3 Å². The van der Waals surface area contributed by atoms with Gasteiger partial charge >= 0.3 is 0 Å². The third kappa shape index (κ3) is 4.89. The first-order chi connectivity index (χ1) is 8.56. The van der Waals surface area contributed by atoms with E-state index in [1.807, 2.05) is 0 Å². The van der Waals surface area contributed by atoms with Crippen molar-refractivity contribution in [3.63, 3.8) is 0 Å². The summed E-state index contributed by atoms with van der Waals surface area (Å²) in [6.07, 6.45) is 6.89. The molecule has 18 heavy (non-hydrogen) atoms. The number of nitrogens with zero attached hydrogens (tertiary/aromatic N) is 1. The summed E-state index contributed by atoms with van der Waals surface area (Å²) in [7, 11) is 2.34. The van der Waals surface area contributed by atoms with Crippen LogP contribution in [-0.2, 0) is 0 Å². The van der Waals surface area contributed by atoms with Gasteiger partial charge in [-0.2, -0.15) is 0 Å². The molecule has 0 aliphatic heterocycles. The fourth-order valence-electron chi connectivity index (χ4n) is 3.18. The van der Waals surface area contributed by atoms with Gasteiger partial charge in [-0.05, 0) is 58.2 Å². The number of rotatable bonds is 7. The van der Waals surface area contributed by atoms with Crippen LogP contribution >= 0.6 is 0 Å². The summed E-state index contributed by atoms with van der Waals surface area (Å²) in [4.78, 5) is 2.65. The summed E-state index contributed by atoms with van der Waals surface area (Å²) in [5, 5.41) is 3.56. The Morgan fingerprint density at radius 2 is 2.00 bits per heavy atom. The van der Waals surface area contributed by atoms with E-state index in [2.05, 4.69) is 45.0 Å². The van der Waals surface area contributed by atoms with Gasteiger partial charge in [0.2, 0.25) is 0 Å². The van der Waals surface area contributed by atoms with Crippen LogP contribution in [0.15, 0.2) is 0 Å². The van der Waals surface area contributed by atoms with Crippen molar-refractivity contribution in [3.8, 4) is 0 Å². The van der Waals surface area contributed by atoms with Gasteiger partial charge in [-0.3, -0.25) is 0 Å². The molecule has 2 heteroatoms. The summed E-state index contributed by atoms with van der Waals surface area (Å²) in [6, 6.07) is 1.50. The second-order valence-corrected chi connectivity index (χ2v) is 6.51. The fraction of sp³-hybridized carbons (Fsp3) is 1.00. The molecule has 0 spiro atoms. The van der Waals surface area contributed by atoms with Gasteiger partial charge in [-0.1, -0.05) is 33.6 Å². The van der Waals surface area contributed by atoms with Crippen LogP contribution in [0.1, 0.15) is 59.8 Å². The third-order valence-electron chi connectivity index (χ3n) is 4.84. The summed E-state index contributed by atoms with van der Waals surface area (Å²) in [5.41, 5.74) is 0. The third-order valence-corrected chi connectivity index (χ3v) is 4.84. The SMILES string of the molecule is CCCNCC(C)C(C)N(C)C1CCCC(C)C1. The van der Waals surface area contributed by atoms with E-state index in [1.54, 1.807) is 0 Å². The van der Waals surface area contributed by atoms with E-state index in [0.717, 1.165) is 31.0 Å². The lowest BCUT2D eigenvalue weighted by molar-refractivity contribution is 0.0978. The van der Waals surface area contributed by atoms with E-state index >= 15 is 0 Å². The Labute approximate surface area is 115 Å². The van der Waals surface area contributed by atoms with Crippen molar-refractivity contribution in [2.45, 2.75) is 71.9 Å². The van der Waals surface area contributed by atoms with Crippen LogP contribution in [-0.4, -0.2) is 37.1 Å². The smallest absolute Gasteiger partial charge is 0.0105 e. The lowest BCUT2D eigenvalue weighted by Gasteiger charge is -2.40. The van der Waals surface area contributed by atoms with Crippen LogP contribution in [0, 0.1) is 11.8 Å². The van der Waals surface area contributed by atoms with E-state index in [-0.39, 0.29) is 0 Å². The zero-order valence-corrected chi connectivity index (χ0v) is 13.2. The molecule has 0 bridgehead atoms. The first kappa shape index (κ1) is 16.0. The Morgan fingerprint density at radius 1 is 1.28 bits per heavy atom. The van der Waals surface area contributed by atoms with Crippen LogP contribution in [0.5, 0.6) is 0 Å². The zero-order chi connectivity index (χ0) is 13.5. The van der Waals surface area contributed by atoms with Crippen molar-refractivity contribution in [3.05, 3.63) is 0 Å². The molecule has 1 saturated carbocycles. The monoisotopic (exact) mass is 254 g/mol. The molecule has 0 heterocycles. The van der Waals surface area contributed by atoms with Gasteiger partial charge < -0.3 is 10.2 Å². The Morgan fingerprint density at radius 3 is 2.61 bits per heavy atom. The molecule has 0 radical (unpaired) electrons. The average Bonchev–Trinajstić information content (AvgIpc) is 2.37. The Bertz CT molecular complexity index is 217. The molecule has 1 N–H and O–H groups in total. The van der Waals surface area contributed by atoms with Gasteiger partial charge in [0.05, 0.1) is 0 Å². The van der Waals surface area contributed by atoms with Crippen LogP contribution in [0.3, 0.4) is 0 Å². The summed E-state index contributed by atoms with van der Waals surface area (Å²) in [6.45, 7) is 11.7. The predicted octanol–water partition coefficient (Wildman–Crippen LogP) is 3.52. The van der Waals surface area contributed by atoms with Crippen molar-refractivity contribution >= 4 is 0 Å². The van der Waals surface area contributed by atoms with Gasteiger partial charge in [0.25, 0.3) is 0 Å². The van der Waals surface area contributed by atoms with Crippen LogP contribution < -0.4 is 5.32 Å². The molecule has 108 valence electrons. The molecule has 0 saturated heterocycles. The Hall–Kier alpha value is -0.0800. The summed E-state index contributed by atoms with van der Waals surface area (Å²) in [5.74, 6) is 1.66. The zero-order valence-electron chi connectivity index (χ0n) is 13.2. The van der Waals surface area contributed by atoms with Gasteiger partial charge in [-0.15, -0.1) is 0 Å². The van der Waals surface area contributed by atoms with Crippen molar-refractivity contribution in [2.24, 2.45) is 11.8 Å². The molecular formula is C16H34N2. The highest BCUT2D eigenvalue weighted by Gasteiger charge is 2.27. The quantitative estimate of drug-likeness (QED) is 0.699. The van der Waals surface area contributed by atoms with Gasteiger partial charge in [0.1, 0.15) is 0 Å². The highest BCUT2D eigenvalue weighted by atomic mass is 15.2. The lowest BCUT2D eigenvalue weighted by atomic mass is 9.85. The van der Waals surface area contributed by atoms with Gasteiger partial charge in [0, 0.05) is 12.1 Å². The van der Waals surface area contributed by atoms with Gasteiger partial charge in [-0.25, -0.2) is 0 Å². The van der Waals surface area contributed by atoms with E-state index in [0.29, 0.717) is 6.04 Å². The first-order valence-electron chi connectivity index (χ1n) is 7.98. The Balaban J connectivity index is 2.36. The van der Waals surface area contributed by atoms with Gasteiger partial charge in [0.15, 0.2) is 0 Å². The molecule has 4 atom stereocenters. The second kappa shape index (κ2) is 8.16. The van der Waals surface area contributed by atoms with Crippen LogP contribution in [0.2, 0.25) is 0 Å². The molecule has 0 aromatic carbocycles. The summed E-state index contributed by atoms with van der Waals surface area (Å²) < 4.78 is 0. The van der Waals surface area contributed by atoms with E-state index in [4.69, 9.17) is 0 Å². The van der Waals surface area contributed by atoms with E-state index < -0.39 is 0 Å². The van der Waals surface area contributed by atoms with E-state index in [9.17, 15) is 0 Å². The largest absolute Gasteiger partial charge is 0.316 e. The van der Waals surface area contributed by atoms with Crippen molar-refractivity contribution < 1.29 is 0 Å². The minimum absolute atomic E-state index is 0.685. The molecule has 0 amide bonds. The first-order valence-corrected chi connectivity index (χ1v) is 7.98. The molecule has 1 fully saturated rings. The molecule has 2 nitrogen and oxygen atoms in total. The molecule has 4 unspecified atom stereocenters. The second-order valence-electron chi connectivity index (χ2n) is 6.51. The summed E-state index contributed by atoms with van der Waals surface area (Å²) >= 11 is 0. The maximum Gasteiger partial charge on any atom is 0.0105 e. The highest BCUT2D eigenvalue weighted by Crippen LogP contribution is 2.28. The highest BCUT2D eigenvalue weighted by molar-refractivity contribution is 4.82. The normalized spacial score (nSPS) is 28.3. The molecule has 1 aliphatic rings. The minimum Gasteiger partial charge on any atom is -0.316 e. The van der Waals surface area contributed by atoms with Crippen molar-refractivity contribution in [2.75, 3.05) is 20.1 Å². The van der Waals surface area contributed by atoms with Crippen LogP contribution in [0.4, 0.5) is 0 Å². The maximum absolute atomic E-state index is 3.56. The fourth-order valence-corrected chi connectivity index (χ4v) is 3.18. The molecular weight excluding hydrogens is 220 g/mol. The minimum atomic E-state index is 0.685.